The number of aryl methyl sites for hydroxylation is 1. The van der Waals surface area contributed by atoms with Crippen molar-refractivity contribution in [3.8, 4) is 0 Å². The Kier molecular flexibility index (Phi) is 2.09. The van der Waals surface area contributed by atoms with Gasteiger partial charge in [-0.15, -0.1) is 0 Å². The van der Waals surface area contributed by atoms with Gasteiger partial charge in [0.05, 0.1) is 5.69 Å². The molecule has 0 atom stereocenters. The van der Waals surface area contributed by atoms with Gasteiger partial charge in [-0.1, -0.05) is 0 Å². The number of nitrogens with zero attached hydrogens (tertiary/aromatic N) is 3. The van der Waals surface area contributed by atoms with Crippen molar-refractivity contribution in [1.29, 1.82) is 0 Å². The maximum Gasteiger partial charge on any atom is 0.0812 e. The van der Waals surface area contributed by atoms with Crippen LogP contribution in [0.1, 0.15) is 17.0 Å². The van der Waals surface area contributed by atoms with Crippen molar-refractivity contribution in [2.45, 2.75) is 19.5 Å². The van der Waals surface area contributed by atoms with Gasteiger partial charge >= 0.3 is 0 Å². The van der Waals surface area contributed by atoms with Crippen molar-refractivity contribution in [1.82, 2.24) is 14.7 Å². The summed E-state index contributed by atoms with van der Waals surface area (Å²) in [7, 11) is 4.12. The van der Waals surface area contributed by atoms with Crippen LogP contribution in [-0.4, -0.2) is 28.3 Å². The van der Waals surface area contributed by atoms with Gasteiger partial charge in [0.25, 0.3) is 0 Å². The number of nitrogens with two attached hydrogens (primary N) is 1. The van der Waals surface area contributed by atoms with Crippen LogP contribution in [-0.2, 0) is 26.6 Å². The molecule has 0 aliphatic carbocycles. The zero-order valence-electron chi connectivity index (χ0n) is 8.25. The molecule has 0 aromatic carbocycles. The second kappa shape index (κ2) is 3.12. The van der Waals surface area contributed by atoms with E-state index < -0.39 is 0 Å². The summed E-state index contributed by atoms with van der Waals surface area (Å²) in [6.07, 6.45) is 0.937. The summed E-state index contributed by atoms with van der Waals surface area (Å²) in [6, 6.07) is 0. The molecule has 0 amide bonds. The summed E-state index contributed by atoms with van der Waals surface area (Å²) >= 11 is 0. The molecule has 0 radical (unpaired) electrons. The van der Waals surface area contributed by atoms with Gasteiger partial charge < -0.3 is 5.73 Å². The summed E-state index contributed by atoms with van der Waals surface area (Å²) in [5.41, 5.74) is 9.50. The van der Waals surface area contributed by atoms with Gasteiger partial charge in [-0.05, 0) is 13.6 Å². The van der Waals surface area contributed by atoms with Crippen molar-refractivity contribution in [2.75, 3.05) is 13.6 Å². The Balaban J connectivity index is 2.34. The van der Waals surface area contributed by atoms with Crippen molar-refractivity contribution in [3.05, 3.63) is 17.0 Å². The Morgan fingerprint density at radius 1 is 1.38 bits per heavy atom. The fourth-order valence-electron chi connectivity index (χ4n) is 2.00. The zero-order chi connectivity index (χ0) is 9.42. The monoisotopic (exact) mass is 180 g/mol. The maximum atomic E-state index is 5.56. The third-order valence-corrected chi connectivity index (χ3v) is 2.59. The molecule has 2 rings (SSSR count). The lowest BCUT2D eigenvalue weighted by Crippen LogP contribution is -2.14. The van der Waals surface area contributed by atoms with Gasteiger partial charge in [0.2, 0.25) is 0 Å². The first-order chi connectivity index (χ1) is 6.22. The van der Waals surface area contributed by atoms with Gasteiger partial charge in [0.1, 0.15) is 0 Å². The van der Waals surface area contributed by atoms with E-state index in [1.54, 1.807) is 0 Å². The van der Waals surface area contributed by atoms with Crippen LogP contribution in [0.25, 0.3) is 0 Å². The van der Waals surface area contributed by atoms with Crippen LogP contribution in [0.15, 0.2) is 0 Å². The fourth-order valence-corrected chi connectivity index (χ4v) is 2.00. The van der Waals surface area contributed by atoms with E-state index in [-0.39, 0.29) is 0 Å². The molecular formula is C9H16N4. The molecule has 4 nitrogen and oxygen atoms in total. The third kappa shape index (κ3) is 1.36. The third-order valence-electron chi connectivity index (χ3n) is 2.59. The van der Waals surface area contributed by atoms with E-state index >= 15 is 0 Å². The van der Waals surface area contributed by atoms with Crippen LogP contribution in [0.5, 0.6) is 0 Å². The highest BCUT2D eigenvalue weighted by Crippen LogP contribution is 2.23. The Hall–Kier alpha value is -0.870. The molecule has 4 heteroatoms. The fraction of sp³-hybridized carbons (Fsp3) is 0.667. The molecule has 0 unspecified atom stereocenters. The van der Waals surface area contributed by atoms with Crippen molar-refractivity contribution < 1.29 is 0 Å². The van der Waals surface area contributed by atoms with Crippen LogP contribution in [0.2, 0.25) is 0 Å². The number of hydrogen-bond acceptors (Lipinski definition) is 3. The highest BCUT2D eigenvalue weighted by molar-refractivity contribution is 5.29. The summed E-state index contributed by atoms with van der Waals surface area (Å²) in [5, 5.41) is 4.48. The summed E-state index contributed by atoms with van der Waals surface area (Å²) in [5.74, 6) is 0. The molecular weight excluding hydrogens is 164 g/mol. The van der Waals surface area contributed by atoms with Crippen LogP contribution in [0.3, 0.4) is 0 Å². The second-order valence-electron chi connectivity index (χ2n) is 3.71. The van der Waals surface area contributed by atoms with Crippen LogP contribution < -0.4 is 5.73 Å². The highest BCUT2D eigenvalue weighted by Gasteiger charge is 2.23. The molecule has 1 aromatic heterocycles. The Morgan fingerprint density at radius 2 is 2.15 bits per heavy atom. The predicted octanol–water partition coefficient (Wildman–Crippen LogP) is -0.133. The predicted molar refractivity (Wildman–Crippen MR) is 51.1 cm³/mol. The standard InChI is InChI=1S/C9H16N4/c1-12-5-7-8(6-12)11-13(2)9(7)3-4-10/h3-6,10H2,1-2H3. The van der Waals surface area contributed by atoms with E-state index in [0.717, 1.165) is 19.5 Å². The lowest BCUT2D eigenvalue weighted by molar-refractivity contribution is 0.345. The highest BCUT2D eigenvalue weighted by atomic mass is 15.3. The Morgan fingerprint density at radius 3 is 2.85 bits per heavy atom. The first kappa shape index (κ1) is 8.72. The first-order valence-electron chi connectivity index (χ1n) is 4.64. The quantitative estimate of drug-likeness (QED) is 0.689. The van der Waals surface area contributed by atoms with Gasteiger partial charge in [-0.2, -0.15) is 5.10 Å². The molecule has 13 heavy (non-hydrogen) atoms. The van der Waals surface area contributed by atoms with E-state index in [9.17, 15) is 0 Å². The van der Waals surface area contributed by atoms with Crippen molar-refractivity contribution in [3.63, 3.8) is 0 Å². The summed E-state index contributed by atoms with van der Waals surface area (Å²) in [4.78, 5) is 2.28. The smallest absolute Gasteiger partial charge is 0.0812 e. The topological polar surface area (TPSA) is 47.1 Å². The zero-order valence-corrected chi connectivity index (χ0v) is 8.25. The summed E-state index contributed by atoms with van der Waals surface area (Å²) in [6.45, 7) is 2.71. The summed E-state index contributed by atoms with van der Waals surface area (Å²) < 4.78 is 1.98. The van der Waals surface area contributed by atoms with Crippen molar-refractivity contribution in [2.24, 2.45) is 12.8 Å². The van der Waals surface area contributed by atoms with E-state index in [0.29, 0.717) is 6.54 Å². The molecule has 2 heterocycles. The van der Waals surface area contributed by atoms with Crippen LogP contribution in [0.4, 0.5) is 0 Å². The minimum absolute atomic E-state index is 0.704. The molecule has 1 aromatic rings. The molecule has 0 fully saturated rings. The maximum absolute atomic E-state index is 5.56. The minimum Gasteiger partial charge on any atom is -0.330 e. The second-order valence-corrected chi connectivity index (χ2v) is 3.71. The van der Waals surface area contributed by atoms with Crippen LogP contribution >= 0.6 is 0 Å². The van der Waals surface area contributed by atoms with E-state index in [2.05, 4.69) is 17.0 Å². The SMILES string of the molecule is CN1Cc2nn(C)c(CCN)c2C1. The number of rotatable bonds is 2. The van der Waals surface area contributed by atoms with E-state index in [1.165, 1.54) is 17.0 Å². The number of fused-ring (bicyclic) bond motifs is 1. The molecule has 2 N–H and O–H groups in total. The largest absolute Gasteiger partial charge is 0.330 e. The normalized spacial score (nSPS) is 16.5. The van der Waals surface area contributed by atoms with Gasteiger partial charge in [0, 0.05) is 37.8 Å². The molecule has 1 aliphatic rings. The minimum atomic E-state index is 0.704. The number of hydrogen-bond donors (Lipinski definition) is 1. The lowest BCUT2D eigenvalue weighted by atomic mass is 10.1. The van der Waals surface area contributed by atoms with Gasteiger partial charge in [-0.25, -0.2) is 0 Å². The first-order valence-corrected chi connectivity index (χ1v) is 4.64. The Labute approximate surface area is 78.3 Å². The molecule has 0 spiro atoms. The van der Waals surface area contributed by atoms with Gasteiger partial charge in [-0.3, -0.25) is 9.58 Å². The van der Waals surface area contributed by atoms with Crippen molar-refractivity contribution >= 4 is 0 Å². The average molecular weight is 180 g/mol. The molecule has 0 saturated carbocycles. The van der Waals surface area contributed by atoms with Crippen LogP contribution in [0, 0.1) is 0 Å². The molecule has 0 saturated heterocycles. The number of aromatic nitrogens is 2. The van der Waals surface area contributed by atoms with E-state index in [1.807, 2.05) is 11.7 Å². The average Bonchev–Trinajstić information content (AvgIpc) is 2.52. The molecule has 72 valence electrons. The Bertz CT molecular complexity index is 316. The molecule has 0 bridgehead atoms. The molecule has 1 aliphatic heterocycles. The van der Waals surface area contributed by atoms with E-state index in [4.69, 9.17) is 5.73 Å². The van der Waals surface area contributed by atoms with Gasteiger partial charge in [0.15, 0.2) is 0 Å². The lowest BCUT2D eigenvalue weighted by Gasteiger charge is -2.08.